The highest BCUT2D eigenvalue weighted by atomic mass is 19.4. The van der Waals surface area contributed by atoms with E-state index in [1.54, 1.807) is 6.07 Å². The Bertz CT molecular complexity index is 932. The number of ether oxygens (including phenoxy) is 1. The van der Waals surface area contributed by atoms with E-state index in [1.165, 1.54) is 32.4 Å². The molecular formula is C16H12F3N3O2. The molecule has 1 aromatic carbocycles. The molecule has 0 unspecified atom stereocenters. The van der Waals surface area contributed by atoms with Crippen LogP contribution in [0.1, 0.15) is 21.7 Å². The first-order valence-electron chi connectivity index (χ1n) is 6.92. The van der Waals surface area contributed by atoms with Crippen molar-refractivity contribution in [2.75, 3.05) is 7.11 Å². The molecule has 8 heteroatoms. The van der Waals surface area contributed by atoms with E-state index in [0.717, 1.165) is 6.20 Å². The van der Waals surface area contributed by atoms with Gasteiger partial charge in [-0.05, 0) is 19.1 Å². The standard InChI is InChI=1S/C16H12F3N3O2/c1-8-20-7-12(16(17,18)19)14(22-8)11-6-21-13-5-9(15(23)24-2)3-4-10(11)13/h3-7,21H,1-2H3. The third-order valence-corrected chi connectivity index (χ3v) is 3.57. The molecule has 0 amide bonds. The van der Waals surface area contributed by atoms with Crippen LogP contribution in [0.15, 0.2) is 30.6 Å². The van der Waals surface area contributed by atoms with Gasteiger partial charge in [-0.2, -0.15) is 13.2 Å². The Morgan fingerprint density at radius 1 is 1.29 bits per heavy atom. The smallest absolute Gasteiger partial charge is 0.419 e. The molecular weight excluding hydrogens is 323 g/mol. The lowest BCUT2D eigenvalue weighted by molar-refractivity contribution is -0.137. The van der Waals surface area contributed by atoms with Crippen LogP contribution in [0.5, 0.6) is 0 Å². The van der Waals surface area contributed by atoms with Gasteiger partial charge in [0.05, 0.1) is 18.4 Å². The van der Waals surface area contributed by atoms with E-state index < -0.39 is 17.7 Å². The number of benzene rings is 1. The Hall–Kier alpha value is -2.90. The van der Waals surface area contributed by atoms with Gasteiger partial charge in [-0.1, -0.05) is 6.07 Å². The van der Waals surface area contributed by atoms with Crippen LogP contribution in [0.3, 0.4) is 0 Å². The Labute approximate surface area is 134 Å². The van der Waals surface area contributed by atoms with Gasteiger partial charge in [-0.3, -0.25) is 0 Å². The number of hydrogen-bond acceptors (Lipinski definition) is 4. The van der Waals surface area contributed by atoms with Crippen molar-refractivity contribution in [2.45, 2.75) is 13.1 Å². The lowest BCUT2D eigenvalue weighted by Gasteiger charge is -2.11. The minimum atomic E-state index is -4.57. The molecule has 3 aromatic rings. The fourth-order valence-corrected chi connectivity index (χ4v) is 2.45. The number of fused-ring (bicyclic) bond motifs is 1. The summed E-state index contributed by atoms with van der Waals surface area (Å²) in [6.45, 7) is 1.52. The number of aryl methyl sites for hydroxylation is 1. The molecule has 0 radical (unpaired) electrons. The predicted molar refractivity (Wildman–Crippen MR) is 80.4 cm³/mol. The van der Waals surface area contributed by atoms with Crippen LogP contribution in [0.2, 0.25) is 0 Å². The zero-order valence-electron chi connectivity index (χ0n) is 12.7. The molecule has 1 N–H and O–H groups in total. The molecule has 0 aliphatic rings. The average Bonchev–Trinajstić information content (AvgIpc) is 2.95. The Morgan fingerprint density at radius 2 is 2.04 bits per heavy atom. The molecule has 2 aromatic heterocycles. The molecule has 0 aliphatic heterocycles. The van der Waals surface area contributed by atoms with E-state index in [9.17, 15) is 18.0 Å². The number of H-pyrrole nitrogens is 1. The van der Waals surface area contributed by atoms with Crippen molar-refractivity contribution < 1.29 is 22.7 Å². The van der Waals surface area contributed by atoms with Crippen LogP contribution in [-0.2, 0) is 10.9 Å². The Kier molecular flexibility index (Phi) is 3.75. The van der Waals surface area contributed by atoms with Gasteiger partial charge in [0.2, 0.25) is 0 Å². The van der Waals surface area contributed by atoms with Crippen molar-refractivity contribution in [2.24, 2.45) is 0 Å². The summed E-state index contributed by atoms with van der Waals surface area (Å²) in [6, 6.07) is 4.57. The van der Waals surface area contributed by atoms with Crippen LogP contribution in [0.4, 0.5) is 13.2 Å². The normalized spacial score (nSPS) is 11.7. The van der Waals surface area contributed by atoms with Gasteiger partial charge in [0.1, 0.15) is 11.4 Å². The molecule has 0 bridgehead atoms. The van der Waals surface area contributed by atoms with E-state index in [-0.39, 0.29) is 11.5 Å². The first-order chi connectivity index (χ1) is 11.3. The van der Waals surface area contributed by atoms with Gasteiger partial charge >= 0.3 is 12.1 Å². The van der Waals surface area contributed by atoms with Gasteiger partial charge in [-0.15, -0.1) is 0 Å². The SMILES string of the molecule is COC(=O)c1ccc2c(-c3nc(C)ncc3C(F)(F)F)c[nH]c2c1. The largest absolute Gasteiger partial charge is 0.465 e. The van der Waals surface area contributed by atoms with Crippen molar-refractivity contribution >= 4 is 16.9 Å². The number of aromatic amines is 1. The second-order valence-corrected chi connectivity index (χ2v) is 5.13. The number of nitrogens with one attached hydrogen (secondary N) is 1. The number of nitrogens with zero attached hydrogens (tertiary/aromatic N) is 2. The molecule has 0 atom stereocenters. The number of halogens is 3. The minimum absolute atomic E-state index is 0.202. The van der Waals surface area contributed by atoms with Gasteiger partial charge in [-0.25, -0.2) is 14.8 Å². The quantitative estimate of drug-likeness (QED) is 0.725. The third kappa shape index (κ3) is 2.70. The molecule has 0 spiro atoms. The molecule has 3 rings (SSSR count). The Balaban J connectivity index is 2.21. The van der Waals surface area contributed by atoms with E-state index in [0.29, 0.717) is 22.0 Å². The Morgan fingerprint density at radius 3 is 2.71 bits per heavy atom. The lowest BCUT2D eigenvalue weighted by Crippen LogP contribution is -2.10. The molecule has 0 saturated carbocycles. The fraction of sp³-hybridized carbons (Fsp3) is 0.188. The van der Waals surface area contributed by atoms with Crippen LogP contribution >= 0.6 is 0 Å². The highest BCUT2D eigenvalue weighted by Crippen LogP contribution is 2.38. The molecule has 0 aliphatic carbocycles. The van der Waals surface area contributed by atoms with E-state index in [4.69, 9.17) is 0 Å². The van der Waals surface area contributed by atoms with Gasteiger partial charge < -0.3 is 9.72 Å². The maximum absolute atomic E-state index is 13.2. The number of methoxy groups -OCH3 is 1. The number of esters is 1. The van der Waals surface area contributed by atoms with Crippen molar-refractivity contribution in [3.05, 3.63) is 47.5 Å². The summed E-state index contributed by atoms with van der Waals surface area (Å²) in [5.41, 5.74) is -0.0112. The summed E-state index contributed by atoms with van der Waals surface area (Å²) in [5, 5.41) is 0.520. The van der Waals surface area contributed by atoms with Crippen molar-refractivity contribution in [3.8, 4) is 11.3 Å². The molecule has 2 heterocycles. The summed E-state index contributed by atoms with van der Waals surface area (Å²) >= 11 is 0. The lowest BCUT2D eigenvalue weighted by atomic mass is 10.0. The number of aromatic nitrogens is 3. The third-order valence-electron chi connectivity index (χ3n) is 3.57. The van der Waals surface area contributed by atoms with E-state index in [1.807, 2.05) is 0 Å². The average molecular weight is 335 g/mol. The van der Waals surface area contributed by atoms with Crippen LogP contribution in [0, 0.1) is 6.92 Å². The van der Waals surface area contributed by atoms with Gasteiger partial charge in [0.15, 0.2) is 0 Å². The summed E-state index contributed by atoms with van der Waals surface area (Å²) in [5.74, 6) is -0.291. The number of carbonyl (C=O) groups excluding carboxylic acids is 1. The first-order valence-corrected chi connectivity index (χ1v) is 6.92. The van der Waals surface area contributed by atoms with Gasteiger partial charge in [0, 0.05) is 28.9 Å². The second kappa shape index (κ2) is 5.63. The zero-order chi connectivity index (χ0) is 17.5. The summed E-state index contributed by atoms with van der Waals surface area (Å²) < 4.78 is 44.3. The van der Waals surface area contributed by atoms with Crippen molar-refractivity contribution in [3.63, 3.8) is 0 Å². The monoisotopic (exact) mass is 335 g/mol. The predicted octanol–water partition coefficient (Wildman–Crippen LogP) is 3.74. The maximum Gasteiger partial charge on any atom is 0.419 e. The maximum atomic E-state index is 13.2. The molecule has 24 heavy (non-hydrogen) atoms. The summed E-state index contributed by atoms with van der Waals surface area (Å²) in [6.07, 6.45) is -2.36. The number of rotatable bonds is 2. The highest BCUT2D eigenvalue weighted by Gasteiger charge is 2.35. The van der Waals surface area contributed by atoms with Crippen molar-refractivity contribution in [1.82, 2.24) is 15.0 Å². The molecule has 5 nitrogen and oxygen atoms in total. The molecule has 0 saturated heterocycles. The van der Waals surface area contributed by atoms with Crippen LogP contribution in [-0.4, -0.2) is 28.0 Å². The number of carbonyl (C=O) groups is 1. The fourth-order valence-electron chi connectivity index (χ4n) is 2.45. The van der Waals surface area contributed by atoms with E-state index in [2.05, 4.69) is 19.7 Å². The first kappa shape index (κ1) is 16.0. The minimum Gasteiger partial charge on any atom is -0.465 e. The number of alkyl halides is 3. The highest BCUT2D eigenvalue weighted by molar-refractivity contribution is 6.00. The topological polar surface area (TPSA) is 67.9 Å². The molecule has 124 valence electrons. The summed E-state index contributed by atoms with van der Waals surface area (Å²) in [7, 11) is 1.26. The van der Waals surface area contributed by atoms with E-state index >= 15 is 0 Å². The molecule has 0 fully saturated rings. The van der Waals surface area contributed by atoms with Crippen LogP contribution in [0.25, 0.3) is 22.2 Å². The van der Waals surface area contributed by atoms with Crippen LogP contribution < -0.4 is 0 Å². The zero-order valence-corrected chi connectivity index (χ0v) is 12.7. The second-order valence-electron chi connectivity index (χ2n) is 5.13. The summed E-state index contributed by atoms with van der Waals surface area (Å²) in [4.78, 5) is 22.0. The van der Waals surface area contributed by atoms with Gasteiger partial charge in [0.25, 0.3) is 0 Å². The number of hydrogen-bond donors (Lipinski definition) is 1. The van der Waals surface area contributed by atoms with Crippen molar-refractivity contribution in [1.29, 1.82) is 0 Å².